The molecule has 1 heterocycles. The summed E-state index contributed by atoms with van der Waals surface area (Å²) in [6, 6.07) is 27.3. The molecule has 0 aromatic heterocycles. The van der Waals surface area contributed by atoms with Gasteiger partial charge in [0.2, 0.25) is 0 Å². The largest absolute Gasteiger partial charge is 0.487 e. The van der Waals surface area contributed by atoms with Crippen molar-refractivity contribution in [2.75, 3.05) is 5.32 Å². The molecular weight excluding hydrogens is 495 g/mol. The summed E-state index contributed by atoms with van der Waals surface area (Å²) in [6.07, 6.45) is 7.59. The molecule has 1 aliphatic heterocycles. The third-order valence-electron chi connectivity index (χ3n) is 7.40. The van der Waals surface area contributed by atoms with E-state index in [4.69, 9.17) is 16.3 Å². The second kappa shape index (κ2) is 10.5. The van der Waals surface area contributed by atoms with E-state index in [0.29, 0.717) is 29.2 Å². The lowest BCUT2D eigenvalue weighted by Crippen LogP contribution is -2.29. The van der Waals surface area contributed by atoms with Crippen LogP contribution in [0.4, 0.5) is 15.8 Å². The van der Waals surface area contributed by atoms with Crippen molar-refractivity contribution in [1.29, 1.82) is 0 Å². The van der Waals surface area contributed by atoms with E-state index >= 15 is 0 Å². The van der Waals surface area contributed by atoms with Gasteiger partial charge in [-0.3, -0.25) is 4.99 Å². The minimum atomic E-state index is -0.267. The Hall–Kier alpha value is -3.89. The summed E-state index contributed by atoms with van der Waals surface area (Å²) in [5.74, 6) is 1.29. The van der Waals surface area contributed by atoms with Gasteiger partial charge in [-0.2, -0.15) is 0 Å². The lowest BCUT2D eigenvalue weighted by atomic mass is 9.76. The maximum absolute atomic E-state index is 13.1. The predicted octanol–water partition coefficient (Wildman–Crippen LogP) is 8.94. The first-order valence-electron chi connectivity index (χ1n) is 12.9. The van der Waals surface area contributed by atoms with Gasteiger partial charge in [0, 0.05) is 17.8 Å². The Bertz CT molecular complexity index is 1510. The maximum atomic E-state index is 13.1. The SMILES string of the molecule is Cc1ccc2c(c1)[C@@H]1C=CC[C@H]1[C@@H](c1ccc(N=Cc3ccc(OCc4ccc(F)cc4)c(Cl)c3)cc1)N2. The molecule has 4 aromatic rings. The van der Waals surface area contributed by atoms with E-state index < -0.39 is 0 Å². The van der Waals surface area contributed by atoms with Crippen molar-refractivity contribution in [2.24, 2.45) is 10.9 Å². The van der Waals surface area contributed by atoms with E-state index in [2.05, 4.69) is 71.8 Å². The number of aryl methyl sites for hydroxylation is 1. The highest BCUT2D eigenvalue weighted by atomic mass is 35.5. The molecule has 190 valence electrons. The Morgan fingerprint density at radius 1 is 1.00 bits per heavy atom. The first-order valence-corrected chi connectivity index (χ1v) is 13.3. The van der Waals surface area contributed by atoms with E-state index in [1.165, 1.54) is 34.5 Å². The number of hydrogen-bond acceptors (Lipinski definition) is 3. The summed E-state index contributed by atoms with van der Waals surface area (Å²) in [7, 11) is 0. The number of hydrogen-bond donors (Lipinski definition) is 1. The molecule has 4 aromatic carbocycles. The van der Waals surface area contributed by atoms with Crippen LogP contribution < -0.4 is 10.1 Å². The fourth-order valence-corrected chi connectivity index (χ4v) is 5.66. The molecule has 5 heteroatoms. The van der Waals surface area contributed by atoms with Crippen LogP contribution in [-0.4, -0.2) is 6.21 Å². The summed E-state index contributed by atoms with van der Waals surface area (Å²) in [5, 5.41) is 4.31. The van der Waals surface area contributed by atoms with E-state index in [0.717, 1.165) is 23.2 Å². The molecule has 2 aliphatic rings. The van der Waals surface area contributed by atoms with E-state index in [9.17, 15) is 4.39 Å². The van der Waals surface area contributed by atoms with Crippen molar-refractivity contribution in [3.63, 3.8) is 0 Å². The zero-order chi connectivity index (χ0) is 26.1. The van der Waals surface area contributed by atoms with Crippen molar-refractivity contribution < 1.29 is 9.13 Å². The minimum absolute atomic E-state index is 0.267. The van der Waals surface area contributed by atoms with Gasteiger partial charge in [0.15, 0.2) is 0 Å². The van der Waals surface area contributed by atoms with Gasteiger partial charge < -0.3 is 10.1 Å². The third kappa shape index (κ3) is 5.09. The van der Waals surface area contributed by atoms with Gasteiger partial charge in [-0.05, 0) is 90.0 Å². The van der Waals surface area contributed by atoms with Gasteiger partial charge in [0.1, 0.15) is 18.2 Å². The van der Waals surface area contributed by atoms with Crippen LogP contribution in [-0.2, 0) is 6.61 Å². The first kappa shape index (κ1) is 24.4. The predicted molar refractivity (Wildman–Crippen MR) is 153 cm³/mol. The second-order valence-electron chi connectivity index (χ2n) is 10.0. The third-order valence-corrected chi connectivity index (χ3v) is 7.69. The van der Waals surface area contributed by atoms with Crippen molar-refractivity contribution >= 4 is 29.2 Å². The molecule has 0 radical (unpaired) electrons. The van der Waals surface area contributed by atoms with Crippen LogP contribution in [0.1, 0.15) is 46.2 Å². The van der Waals surface area contributed by atoms with Gasteiger partial charge in [0.25, 0.3) is 0 Å². The second-order valence-corrected chi connectivity index (χ2v) is 10.4. The van der Waals surface area contributed by atoms with Crippen LogP contribution in [0.2, 0.25) is 5.02 Å². The average molecular weight is 523 g/mol. The summed E-state index contributed by atoms with van der Waals surface area (Å²) in [4.78, 5) is 4.65. The topological polar surface area (TPSA) is 33.6 Å². The summed E-state index contributed by atoms with van der Waals surface area (Å²) < 4.78 is 18.9. The maximum Gasteiger partial charge on any atom is 0.138 e. The van der Waals surface area contributed by atoms with Crippen LogP contribution in [0.5, 0.6) is 5.75 Å². The van der Waals surface area contributed by atoms with Crippen LogP contribution in [0.3, 0.4) is 0 Å². The molecule has 0 unspecified atom stereocenters. The van der Waals surface area contributed by atoms with Crippen LogP contribution >= 0.6 is 11.6 Å². The number of aliphatic imine (C=N–C) groups is 1. The van der Waals surface area contributed by atoms with Gasteiger partial charge in [0.05, 0.1) is 16.8 Å². The molecule has 38 heavy (non-hydrogen) atoms. The Kier molecular flexibility index (Phi) is 6.73. The number of benzene rings is 4. The first-order chi connectivity index (χ1) is 18.5. The summed E-state index contributed by atoms with van der Waals surface area (Å²) in [5.41, 5.74) is 7.87. The Morgan fingerprint density at radius 2 is 1.82 bits per heavy atom. The van der Waals surface area contributed by atoms with Crippen molar-refractivity contribution in [2.45, 2.75) is 31.9 Å². The number of anilines is 1. The number of allylic oxidation sites excluding steroid dienone is 2. The van der Waals surface area contributed by atoms with Crippen LogP contribution in [0.15, 0.2) is 102 Å². The quantitative estimate of drug-likeness (QED) is 0.202. The Morgan fingerprint density at radius 3 is 2.61 bits per heavy atom. The monoisotopic (exact) mass is 522 g/mol. The molecule has 0 fully saturated rings. The average Bonchev–Trinajstić information content (AvgIpc) is 3.43. The fourth-order valence-electron chi connectivity index (χ4n) is 5.42. The molecule has 0 amide bonds. The Labute approximate surface area is 227 Å². The normalized spacial score (nSPS) is 19.7. The van der Waals surface area contributed by atoms with Crippen molar-refractivity contribution in [1.82, 2.24) is 0 Å². The van der Waals surface area contributed by atoms with Gasteiger partial charge >= 0.3 is 0 Å². The molecular formula is C33H28ClFN2O. The fraction of sp³-hybridized carbons (Fsp3) is 0.182. The number of fused-ring (bicyclic) bond motifs is 3. The molecule has 1 aliphatic carbocycles. The smallest absolute Gasteiger partial charge is 0.138 e. The molecule has 0 saturated carbocycles. The molecule has 0 spiro atoms. The highest BCUT2D eigenvalue weighted by Gasteiger charge is 2.37. The molecule has 3 nitrogen and oxygen atoms in total. The number of rotatable bonds is 6. The van der Waals surface area contributed by atoms with E-state index in [-0.39, 0.29) is 11.9 Å². The van der Waals surface area contributed by atoms with E-state index in [1.807, 2.05) is 18.2 Å². The zero-order valence-electron chi connectivity index (χ0n) is 21.1. The number of halogens is 2. The number of nitrogens with one attached hydrogen (secondary N) is 1. The highest BCUT2D eigenvalue weighted by molar-refractivity contribution is 6.32. The zero-order valence-corrected chi connectivity index (χ0v) is 21.8. The van der Waals surface area contributed by atoms with E-state index in [1.54, 1.807) is 18.3 Å². The molecule has 6 rings (SSSR count). The Balaban J connectivity index is 1.12. The molecule has 1 N–H and O–H groups in total. The lowest BCUT2D eigenvalue weighted by molar-refractivity contribution is 0.306. The van der Waals surface area contributed by atoms with Crippen molar-refractivity contribution in [3.05, 3.63) is 136 Å². The molecule has 0 saturated heterocycles. The summed E-state index contributed by atoms with van der Waals surface area (Å²) >= 11 is 6.44. The molecule has 3 atom stereocenters. The summed E-state index contributed by atoms with van der Waals surface area (Å²) in [6.45, 7) is 2.48. The van der Waals surface area contributed by atoms with Gasteiger partial charge in [-0.1, -0.05) is 65.7 Å². The van der Waals surface area contributed by atoms with Gasteiger partial charge in [-0.25, -0.2) is 4.39 Å². The van der Waals surface area contributed by atoms with Gasteiger partial charge in [-0.15, -0.1) is 0 Å². The van der Waals surface area contributed by atoms with Crippen LogP contribution in [0.25, 0.3) is 0 Å². The standard InChI is InChI=1S/C33H28ClFN2O/c1-21-5-15-31-29(17-21)27-3-2-4-28(27)33(37-31)24-9-13-26(14-10-24)36-19-23-8-16-32(30(34)18-23)38-20-22-6-11-25(35)12-7-22/h2-3,5-19,27-28,33,37H,4,20H2,1H3/t27-,28-,33-/m1/s1. The number of nitrogens with zero attached hydrogens (tertiary/aromatic N) is 1. The van der Waals surface area contributed by atoms with Crippen molar-refractivity contribution in [3.8, 4) is 5.75 Å². The highest BCUT2D eigenvalue weighted by Crippen LogP contribution is 2.50. The van der Waals surface area contributed by atoms with Crippen LogP contribution in [0, 0.1) is 18.7 Å². The molecule has 0 bridgehead atoms. The lowest BCUT2D eigenvalue weighted by Gasteiger charge is -2.37. The minimum Gasteiger partial charge on any atom is -0.487 e. The number of ether oxygens (including phenoxy) is 1.